The van der Waals surface area contributed by atoms with Crippen molar-refractivity contribution >= 4 is 65.4 Å². The summed E-state index contributed by atoms with van der Waals surface area (Å²) < 4.78 is 7.22. The van der Waals surface area contributed by atoms with Gasteiger partial charge in [-0.1, -0.05) is 121 Å². The summed E-state index contributed by atoms with van der Waals surface area (Å²) >= 11 is 0. The number of rotatable bonds is 5. The van der Waals surface area contributed by atoms with Gasteiger partial charge >= 0.3 is 0 Å². The third kappa shape index (κ3) is 4.86. The molecule has 0 radical (unpaired) electrons. The Morgan fingerprint density at radius 2 is 0.526 bits per heavy atom. The summed E-state index contributed by atoms with van der Waals surface area (Å²) in [6.07, 6.45) is 0. The van der Waals surface area contributed by atoms with Gasteiger partial charge in [-0.2, -0.15) is 0 Å². The van der Waals surface area contributed by atoms with Gasteiger partial charge in [0.05, 0.1) is 33.1 Å². The van der Waals surface area contributed by atoms with Crippen LogP contribution in [0.2, 0.25) is 0 Å². The molecule has 9 aromatic carbocycles. The van der Waals surface area contributed by atoms with Crippen molar-refractivity contribution in [2.75, 3.05) is 0 Å². The molecule has 0 fully saturated rings. The van der Waals surface area contributed by atoms with Gasteiger partial charge in [-0.3, -0.25) is 0 Å². The van der Waals surface area contributed by atoms with E-state index in [2.05, 4.69) is 226 Å². The molecular weight excluding hydrogens is 691 g/mol. The van der Waals surface area contributed by atoms with Crippen LogP contribution in [0.1, 0.15) is 0 Å². The molecule has 3 heteroatoms. The highest BCUT2D eigenvalue weighted by molar-refractivity contribution is 6.14. The molecule has 0 aliphatic carbocycles. The standard InChI is InChI=1S/C54H35N3/c1-4-14-36(15-5-1)37-24-28-52-45(32-37)44-21-11-13-23-50(44)57(52)42-27-31-54-48(35-42)47-34-39(26-30-53(47)56(54)41-18-8-3-9-19-41)38-25-29-51-46(33-38)43-20-10-12-22-49(43)55(51)40-16-6-2-7-17-40/h1-35H. The zero-order valence-corrected chi connectivity index (χ0v) is 31.0. The predicted octanol–water partition coefficient (Wildman–Crippen LogP) is 14.3. The normalized spacial score (nSPS) is 11.9. The highest BCUT2D eigenvalue weighted by atomic mass is 15.0. The van der Waals surface area contributed by atoms with Gasteiger partial charge in [0, 0.05) is 49.4 Å². The number of nitrogens with zero attached hydrogens (tertiary/aromatic N) is 3. The van der Waals surface area contributed by atoms with E-state index in [1.54, 1.807) is 0 Å². The number of hydrogen-bond donors (Lipinski definition) is 0. The van der Waals surface area contributed by atoms with Crippen LogP contribution in [0.25, 0.3) is 105 Å². The summed E-state index contributed by atoms with van der Waals surface area (Å²) in [5.41, 5.74) is 15.5. The molecule has 12 rings (SSSR count). The maximum absolute atomic E-state index is 2.44. The largest absolute Gasteiger partial charge is 0.309 e. The first-order chi connectivity index (χ1) is 28.3. The highest BCUT2D eigenvalue weighted by Gasteiger charge is 2.19. The summed E-state index contributed by atoms with van der Waals surface area (Å²) in [6, 6.07) is 77.5. The number of para-hydroxylation sites is 4. The summed E-state index contributed by atoms with van der Waals surface area (Å²) in [4.78, 5) is 0. The first-order valence-electron chi connectivity index (χ1n) is 19.6. The molecule has 0 aliphatic rings. The van der Waals surface area contributed by atoms with E-state index in [0.717, 1.165) is 11.4 Å². The quantitative estimate of drug-likeness (QED) is 0.168. The Balaban J connectivity index is 1.08. The van der Waals surface area contributed by atoms with E-state index >= 15 is 0 Å². The molecule has 0 saturated heterocycles. The maximum atomic E-state index is 2.44. The highest BCUT2D eigenvalue weighted by Crippen LogP contribution is 2.41. The van der Waals surface area contributed by atoms with Gasteiger partial charge in [0.15, 0.2) is 0 Å². The van der Waals surface area contributed by atoms with Crippen LogP contribution in [0, 0.1) is 0 Å². The van der Waals surface area contributed by atoms with Crippen LogP contribution < -0.4 is 0 Å². The monoisotopic (exact) mass is 725 g/mol. The lowest BCUT2D eigenvalue weighted by Crippen LogP contribution is -1.95. The molecule has 12 aromatic rings. The van der Waals surface area contributed by atoms with Crippen LogP contribution >= 0.6 is 0 Å². The molecule has 0 aliphatic heterocycles. The summed E-state index contributed by atoms with van der Waals surface area (Å²) in [5, 5.41) is 7.47. The Bertz CT molecular complexity index is 3500. The minimum atomic E-state index is 1.15. The van der Waals surface area contributed by atoms with Gasteiger partial charge in [-0.15, -0.1) is 0 Å². The summed E-state index contributed by atoms with van der Waals surface area (Å²) in [5.74, 6) is 0. The van der Waals surface area contributed by atoms with E-state index in [-0.39, 0.29) is 0 Å². The summed E-state index contributed by atoms with van der Waals surface area (Å²) in [6.45, 7) is 0. The topological polar surface area (TPSA) is 14.8 Å². The fourth-order valence-corrected chi connectivity index (χ4v) is 9.25. The first kappa shape index (κ1) is 31.7. The predicted molar refractivity (Wildman–Crippen MR) is 240 cm³/mol. The van der Waals surface area contributed by atoms with Crippen molar-refractivity contribution in [2.45, 2.75) is 0 Å². The Labute approximate surface area is 329 Å². The lowest BCUT2D eigenvalue weighted by molar-refractivity contribution is 1.17. The van der Waals surface area contributed by atoms with E-state index in [4.69, 9.17) is 0 Å². The maximum Gasteiger partial charge on any atom is 0.0542 e. The third-order valence-corrected chi connectivity index (χ3v) is 11.8. The van der Waals surface area contributed by atoms with Crippen molar-refractivity contribution in [3.63, 3.8) is 0 Å². The minimum absolute atomic E-state index is 1.15. The van der Waals surface area contributed by atoms with Crippen molar-refractivity contribution in [3.8, 4) is 39.3 Å². The van der Waals surface area contributed by atoms with Crippen molar-refractivity contribution in [2.24, 2.45) is 0 Å². The molecule has 0 amide bonds. The second-order valence-corrected chi connectivity index (χ2v) is 15.0. The molecule has 266 valence electrons. The zero-order valence-electron chi connectivity index (χ0n) is 31.0. The van der Waals surface area contributed by atoms with Crippen molar-refractivity contribution in [1.29, 1.82) is 0 Å². The molecule has 0 spiro atoms. The van der Waals surface area contributed by atoms with Gasteiger partial charge in [0.2, 0.25) is 0 Å². The fraction of sp³-hybridized carbons (Fsp3) is 0. The van der Waals surface area contributed by atoms with Crippen molar-refractivity contribution in [3.05, 3.63) is 212 Å². The molecule has 0 saturated carbocycles. The Hall–Kier alpha value is -7.62. The average molecular weight is 726 g/mol. The number of hydrogen-bond acceptors (Lipinski definition) is 0. The molecule has 0 N–H and O–H groups in total. The molecule has 0 atom stereocenters. The van der Waals surface area contributed by atoms with Gasteiger partial charge in [-0.05, 0) is 113 Å². The van der Waals surface area contributed by atoms with Gasteiger partial charge in [0.25, 0.3) is 0 Å². The Morgan fingerprint density at radius 3 is 1.02 bits per heavy atom. The number of fused-ring (bicyclic) bond motifs is 9. The zero-order chi connectivity index (χ0) is 37.5. The Morgan fingerprint density at radius 1 is 0.193 bits per heavy atom. The minimum Gasteiger partial charge on any atom is -0.309 e. The van der Waals surface area contributed by atoms with E-state index in [1.165, 1.54) is 93.4 Å². The lowest BCUT2D eigenvalue weighted by Gasteiger charge is -2.10. The number of benzene rings is 9. The summed E-state index contributed by atoms with van der Waals surface area (Å²) in [7, 11) is 0. The van der Waals surface area contributed by atoms with Gasteiger partial charge in [-0.25, -0.2) is 0 Å². The van der Waals surface area contributed by atoms with E-state index in [9.17, 15) is 0 Å². The molecule has 0 bridgehead atoms. The van der Waals surface area contributed by atoms with Crippen LogP contribution in [-0.2, 0) is 0 Å². The smallest absolute Gasteiger partial charge is 0.0542 e. The van der Waals surface area contributed by atoms with Crippen LogP contribution in [0.4, 0.5) is 0 Å². The van der Waals surface area contributed by atoms with Crippen molar-refractivity contribution < 1.29 is 0 Å². The van der Waals surface area contributed by atoms with Crippen LogP contribution in [0.5, 0.6) is 0 Å². The second kappa shape index (κ2) is 12.5. The van der Waals surface area contributed by atoms with Crippen LogP contribution in [-0.4, -0.2) is 13.7 Å². The molecular formula is C54H35N3. The average Bonchev–Trinajstić information content (AvgIpc) is 3.92. The van der Waals surface area contributed by atoms with Gasteiger partial charge < -0.3 is 13.7 Å². The first-order valence-corrected chi connectivity index (χ1v) is 19.6. The fourth-order valence-electron chi connectivity index (χ4n) is 9.25. The van der Waals surface area contributed by atoms with E-state index in [0.29, 0.717) is 0 Å². The lowest BCUT2D eigenvalue weighted by atomic mass is 10.0. The van der Waals surface area contributed by atoms with Crippen LogP contribution in [0.3, 0.4) is 0 Å². The van der Waals surface area contributed by atoms with Crippen molar-refractivity contribution in [1.82, 2.24) is 13.7 Å². The molecule has 3 nitrogen and oxygen atoms in total. The Kier molecular flexibility index (Phi) is 6.93. The second-order valence-electron chi connectivity index (χ2n) is 15.0. The molecule has 0 unspecified atom stereocenters. The molecule has 3 heterocycles. The third-order valence-electron chi connectivity index (χ3n) is 11.8. The SMILES string of the molecule is c1ccc(-c2ccc3c(c2)c2ccccc2n3-c2ccc3c(c2)c2cc(-c4ccc5c(c4)c4ccccc4n5-c4ccccc4)ccc2n3-c2ccccc2)cc1. The van der Waals surface area contributed by atoms with E-state index < -0.39 is 0 Å². The van der Waals surface area contributed by atoms with E-state index in [1.807, 2.05) is 0 Å². The molecule has 57 heavy (non-hydrogen) atoms. The van der Waals surface area contributed by atoms with Gasteiger partial charge in [0.1, 0.15) is 0 Å². The van der Waals surface area contributed by atoms with Crippen LogP contribution in [0.15, 0.2) is 212 Å². The number of aromatic nitrogens is 3. The molecule has 3 aromatic heterocycles.